The fourth-order valence-corrected chi connectivity index (χ4v) is 3.03. The first kappa shape index (κ1) is 14.2. The summed E-state index contributed by atoms with van der Waals surface area (Å²) in [5.74, 6) is 0. The lowest BCUT2D eigenvalue weighted by molar-refractivity contribution is 0.217. The van der Waals surface area contributed by atoms with Gasteiger partial charge in [-0.05, 0) is 43.9 Å². The zero-order valence-corrected chi connectivity index (χ0v) is 12.8. The first-order valence-corrected chi connectivity index (χ1v) is 7.98. The fourth-order valence-electron chi connectivity index (χ4n) is 3.03. The van der Waals surface area contributed by atoms with Crippen LogP contribution >= 0.6 is 0 Å². The van der Waals surface area contributed by atoms with Gasteiger partial charge in [0.05, 0.1) is 0 Å². The Hall–Kier alpha value is -1.74. The summed E-state index contributed by atoms with van der Waals surface area (Å²) < 4.78 is 2.16. The van der Waals surface area contributed by atoms with Gasteiger partial charge in [0, 0.05) is 37.6 Å². The van der Waals surface area contributed by atoms with Gasteiger partial charge in [0.1, 0.15) is 0 Å². The van der Waals surface area contributed by atoms with Crippen molar-refractivity contribution in [3.63, 3.8) is 0 Å². The monoisotopic (exact) mass is 283 g/mol. The van der Waals surface area contributed by atoms with E-state index < -0.39 is 0 Å². The fraction of sp³-hybridized carbons (Fsp3) is 0.444. The molecule has 0 saturated carbocycles. The van der Waals surface area contributed by atoms with Crippen LogP contribution in [0, 0.1) is 6.92 Å². The van der Waals surface area contributed by atoms with E-state index >= 15 is 0 Å². The van der Waals surface area contributed by atoms with Gasteiger partial charge in [-0.1, -0.05) is 30.3 Å². The van der Waals surface area contributed by atoms with Crippen LogP contribution in [-0.4, -0.2) is 35.3 Å². The van der Waals surface area contributed by atoms with Gasteiger partial charge < -0.3 is 10.3 Å². The highest BCUT2D eigenvalue weighted by Gasteiger charge is 2.18. The number of rotatable bonds is 5. The molecule has 3 heteroatoms. The third-order valence-electron chi connectivity index (χ3n) is 4.42. The Morgan fingerprint density at radius 3 is 2.48 bits per heavy atom. The van der Waals surface area contributed by atoms with Gasteiger partial charge in [0.25, 0.3) is 0 Å². The van der Waals surface area contributed by atoms with Crippen LogP contribution in [0.4, 0.5) is 0 Å². The number of nitrogens with one attached hydrogen (secondary N) is 1. The molecule has 0 spiro atoms. The molecule has 1 aliphatic heterocycles. The Labute approximate surface area is 127 Å². The molecule has 0 radical (unpaired) electrons. The summed E-state index contributed by atoms with van der Waals surface area (Å²) in [5.41, 5.74) is 6.34. The highest BCUT2D eigenvalue weighted by molar-refractivity contribution is 5.15. The van der Waals surface area contributed by atoms with Gasteiger partial charge >= 0.3 is 0 Å². The molecule has 1 N–H and O–H groups in total. The first-order valence-electron chi connectivity index (χ1n) is 7.98. The third kappa shape index (κ3) is 3.88. The lowest BCUT2D eigenvalue weighted by Gasteiger charge is -2.33. The molecule has 112 valence electrons. The van der Waals surface area contributed by atoms with Crippen LogP contribution in [0.5, 0.6) is 0 Å². The number of piperidine rings is 1. The van der Waals surface area contributed by atoms with Crippen molar-refractivity contribution < 1.29 is 0 Å². The molecule has 0 bridgehead atoms. The maximum atomic E-state index is 3.61. The minimum Gasteiger partial charge on any atom is -0.323 e. The predicted octanol–water partition coefficient (Wildman–Crippen LogP) is 3.05. The number of nitrogens with zero attached hydrogens (tertiary/aromatic N) is 2. The van der Waals surface area contributed by atoms with Crippen molar-refractivity contribution in [2.75, 3.05) is 25.1 Å². The third-order valence-corrected chi connectivity index (χ3v) is 4.42. The lowest BCUT2D eigenvalue weighted by atomic mass is 10.0. The van der Waals surface area contributed by atoms with Gasteiger partial charge in [0.2, 0.25) is 0 Å². The summed E-state index contributed by atoms with van der Waals surface area (Å²) in [7, 11) is 0. The molecular weight excluding hydrogens is 258 g/mol. The van der Waals surface area contributed by atoms with E-state index in [1.165, 1.54) is 43.7 Å². The normalized spacial score (nSPS) is 17.0. The van der Waals surface area contributed by atoms with Crippen LogP contribution in [0.1, 0.15) is 24.1 Å². The van der Waals surface area contributed by atoms with Crippen LogP contribution in [0.2, 0.25) is 0 Å². The molecule has 2 heterocycles. The number of likely N-dealkylation sites (tertiary alicyclic amines) is 1. The summed E-state index contributed by atoms with van der Waals surface area (Å²) in [6.45, 7) is 5.72. The van der Waals surface area contributed by atoms with Crippen LogP contribution in [0.25, 0.3) is 0 Å². The van der Waals surface area contributed by atoms with E-state index in [9.17, 15) is 0 Å². The van der Waals surface area contributed by atoms with E-state index in [0.717, 1.165) is 6.42 Å². The van der Waals surface area contributed by atoms with Crippen LogP contribution in [-0.2, 0) is 6.42 Å². The highest BCUT2D eigenvalue weighted by atomic mass is 15.4. The summed E-state index contributed by atoms with van der Waals surface area (Å²) in [6, 6.07) is 15.6. The van der Waals surface area contributed by atoms with E-state index in [4.69, 9.17) is 0 Å². The number of aromatic nitrogens is 1. The average Bonchev–Trinajstić information content (AvgIpc) is 2.93. The molecule has 1 saturated heterocycles. The van der Waals surface area contributed by atoms with Crippen LogP contribution in [0.3, 0.4) is 0 Å². The first-order chi connectivity index (χ1) is 10.3. The van der Waals surface area contributed by atoms with Crippen LogP contribution < -0.4 is 5.43 Å². The minimum atomic E-state index is 0.601. The molecule has 0 unspecified atom stereocenters. The van der Waals surface area contributed by atoms with E-state index in [0.29, 0.717) is 6.04 Å². The summed E-state index contributed by atoms with van der Waals surface area (Å²) in [5, 5.41) is 0. The van der Waals surface area contributed by atoms with Crippen molar-refractivity contribution in [3.05, 3.63) is 59.9 Å². The van der Waals surface area contributed by atoms with Crippen molar-refractivity contribution in [1.29, 1.82) is 0 Å². The standard InChI is InChI=1S/C18H25N3/c1-16-6-5-12-21(16)19-18-10-14-20(15-11-18)13-9-17-7-3-2-4-8-17/h2-8,12,18-19H,9-11,13-15H2,1H3. The second-order valence-electron chi connectivity index (χ2n) is 6.00. The predicted molar refractivity (Wildman–Crippen MR) is 88.1 cm³/mol. The lowest BCUT2D eigenvalue weighted by Crippen LogP contribution is -2.42. The summed E-state index contributed by atoms with van der Waals surface area (Å²) >= 11 is 0. The van der Waals surface area contributed by atoms with E-state index in [2.05, 4.69) is 70.6 Å². The van der Waals surface area contributed by atoms with Crippen molar-refractivity contribution in [1.82, 2.24) is 9.58 Å². The van der Waals surface area contributed by atoms with Crippen LogP contribution in [0.15, 0.2) is 48.7 Å². The molecule has 1 aromatic heterocycles. The van der Waals surface area contributed by atoms with Gasteiger partial charge in [-0.3, -0.25) is 4.68 Å². The minimum absolute atomic E-state index is 0.601. The molecule has 2 aromatic rings. The summed E-state index contributed by atoms with van der Waals surface area (Å²) in [6.07, 6.45) is 5.73. The molecular formula is C18H25N3. The average molecular weight is 283 g/mol. The molecule has 1 aliphatic rings. The van der Waals surface area contributed by atoms with E-state index in [1.807, 2.05) is 0 Å². The van der Waals surface area contributed by atoms with E-state index in [1.54, 1.807) is 0 Å². The Morgan fingerprint density at radius 2 is 1.81 bits per heavy atom. The van der Waals surface area contributed by atoms with Gasteiger partial charge in [-0.2, -0.15) is 0 Å². The van der Waals surface area contributed by atoms with Gasteiger partial charge in [0.15, 0.2) is 0 Å². The topological polar surface area (TPSA) is 20.2 Å². The Kier molecular flexibility index (Phi) is 4.61. The number of hydrogen-bond acceptors (Lipinski definition) is 2. The molecule has 0 amide bonds. The number of benzene rings is 1. The maximum absolute atomic E-state index is 3.61. The number of aryl methyl sites for hydroxylation is 1. The molecule has 1 fully saturated rings. The quantitative estimate of drug-likeness (QED) is 0.910. The second kappa shape index (κ2) is 6.81. The number of hydrogen-bond donors (Lipinski definition) is 1. The molecule has 0 atom stereocenters. The Balaban J connectivity index is 1.42. The molecule has 3 nitrogen and oxygen atoms in total. The molecule has 3 rings (SSSR count). The van der Waals surface area contributed by atoms with Gasteiger partial charge in [-0.25, -0.2) is 0 Å². The maximum Gasteiger partial charge on any atom is 0.0448 e. The Bertz CT molecular complexity index is 539. The highest BCUT2D eigenvalue weighted by Crippen LogP contribution is 2.13. The zero-order valence-electron chi connectivity index (χ0n) is 12.8. The van der Waals surface area contributed by atoms with Crippen molar-refractivity contribution >= 4 is 0 Å². The molecule has 0 aliphatic carbocycles. The SMILES string of the molecule is Cc1cccn1NC1CCN(CCc2ccccc2)CC1. The molecule has 21 heavy (non-hydrogen) atoms. The van der Waals surface area contributed by atoms with Crippen molar-refractivity contribution in [3.8, 4) is 0 Å². The second-order valence-corrected chi connectivity index (χ2v) is 6.00. The van der Waals surface area contributed by atoms with E-state index in [-0.39, 0.29) is 0 Å². The molecule has 1 aromatic carbocycles. The zero-order chi connectivity index (χ0) is 14.5. The Morgan fingerprint density at radius 1 is 1.05 bits per heavy atom. The van der Waals surface area contributed by atoms with Crippen molar-refractivity contribution in [2.45, 2.75) is 32.2 Å². The summed E-state index contributed by atoms with van der Waals surface area (Å²) in [4.78, 5) is 2.59. The van der Waals surface area contributed by atoms with Gasteiger partial charge in [-0.15, -0.1) is 0 Å². The van der Waals surface area contributed by atoms with Crippen molar-refractivity contribution in [2.24, 2.45) is 0 Å². The smallest absolute Gasteiger partial charge is 0.0448 e. The largest absolute Gasteiger partial charge is 0.323 e.